The van der Waals surface area contributed by atoms with E-state index in [2.05, 4.69) is 49.9 Å². The van der Waals surface area contributed by atoms with Crippen LogP contribution in [-0.2, 0) is 4.74 Å². The number of nitrogens with zero attached hydrogens (tertiary/aromatic N) is 2. The van der Waals surface area contributed by atoms with Gasteiger partial charge in [0.25, 0.3) is 0 Å². The van der Waals surface area contributed by atoms with E-state index in [0.717, 1.165) is 12.2 Å². The van der Waals surface area contributed by atoms with Gasteiger partial charge in [0, 0.05) is 18.7 Å². The second-order valence-corrected chi connectivity index (χ2v) is 7.23. The fourth-order valence-electron chi connectivity index (χ4n) is 2.62. The topological polar surface area (TPSA) is 56.3 Å². The summed E-state index contributed by atoms with van der Waals surface area (Å²) in [6, 6.07) is 1.84. The molecule has 0 spiro atoms. The summed E-state index contributed by atoms with van der Waals surface area (Å²) in [4.78, 5) is 8.73. The van der Waals surface area contributed by atoms with Crippen LogP contribution in [0.3, 0.4) is 0 Å². The minimum Gasteiger partial charge on any atom is -0.475 e. The van der Waals surface area contributed by atoms with Crippen molar-refractivity contribution < 1.29 is 9.47 Å². The van der Waals surface area contributed by atoms with Crippen molar-refractivity contribution in [3.05, 3.63) is 11.9 Å². The van der Waals surface area contributed by atoms with Crippen LogP contribution in [0.25, 0.3) is 0 Å². The van der Waals surface area contributed by atoms with Gasteiger partial charge in [-0.05, 0) is 32.6 Å². The first-order valence-electron chi connectivity index (χ1n) is 7.37. The van der Waals surface area contributed by atoms with Crippen LogP contribution in [0.15, 0.2) is 6.07 Å². The molecule has 0 fully saturated rings. The molecule has 1 aromatic heterocycles. The van der Waals surface area contributed by atoms with E-state index in [1.807, 2.05) is 13.0 Å². The molecule has 5 nitrogen and oxygen atoms in total. The summed E-state index contributed by atoms with van der Waals surface area (Å²) >= 11 is 0. The molecule has 0 unspecified atom stereocenters. The monoisotopic (exact) mass is 295 g/mol. The van der Waals surface area contributed by atoms with E-state index >= 15 is 0 Å². The lowest BCUT2D eigenvalue weighted by Crippen LogP contribution is -2.35. The van der Waals surface area contributed by atoms with E-state index < -0.39 is 0 Å². The van der Waals surface area contributed by atoms with Gasteiger partial charge in [-0.3, -0.25) is 0 Å². The third-order valence-electron chi connectivity index (χ3n) is 2.79. The Bertz CT molecular complexity index is 453. The summed E-state index contributed by atoms with van der Waals surface area (Å²) < 4.78 is 10.5. The molecule has 1 aromatic rings. The third kappa shape index (κ3) is 7.27. The molecule has 0 saturated heterocycles. The lowest BCUT2D eigenvalue weighted by Gasteiger charge is -2.33. The number of anilines is 1. The number of hydrogen-bond acceptors (Lipinski definition) is 5. The maximum Gasteiger partial charge on any atom is 0.218 e. The van der Waals surface area contributed by atoms with Crippen molar-refractivity contribution in [2.45, 2.75) is 53.5 Å². The number of hydrogen-bond donors (Lipinski definition) is 1. The van der Waals surface area contributed by atoms with Crippen LogP contribution in [0.1, 0.15) is 46.9 Å². The van der Waals surface area contributed by atoms with Crippen molar-refractivity contribution >= 4 is 5.82 Å². The van der Waals surface area contributed by atoms with E-state index in [0.29, 0.717) is 24.9 Å². The van der Waals surface area contributed by atoms with Crippen molar-refractivity contribution in [3.8, 4) is 5.88 Å². The molecule has 1 N–H and O–H groups in total. The maximum atomic E-state index is 5.57. The van der Waals surface area contributed by atoms with Crippen LogP contribution in [-0.4, -0.2) is 35.8 Å². The van der Waals surface area contributed by atoms with E-state index in [1.165, 1.54) is 0 Å². The van der Waals surface area contributed by atoms with Crippen molar-refractivity contribution in [2.24, 2.45) is 5.41 Å². The number of methoxy groups -OCH3 is 1. The summed E-state index contributed by atoms with van der Waals surface area (Å²) in [7, 11) is 1.65. The first-order chi connectivity index (χ1) is 9.61. The van der Waals surface area contributed by atoms with Gasteiger partial charge in [-0.25, -0.2) is 4.98 Å². The minimum atomic E-state index is -0.0527. The molecule has 0 aliphatic rings. The van der Waals surface area contributed by atoms with Gasteiger partial charge in [-0.15, -0.1) is 0 Å². The lowest BCUT2D eigenvalue weighted by atomic mass is 9.82. The quantitative estimate of drug-likeness (QED) is 0.781. The Morgan fingerprint density at radius 3 is 2.33 bits per heavy atom. The molecule has 0 radical (unpaired) electrons. The Hall–Kier alpha value is -1.36. The molecule has 5 heteroatoms. The number of rotatable bonds is 7. The van der Waals surface area contributed by atoms with E-state index in [4.69, 9.17) is 9.47 Å². The first-order valence-corrected chi connectivity index (χ1v) is 7.37. The highest BCUT2D eigenvalue weighted by atomic mass is 16.5. The molecule has 0 amide bonds. The van der Waals surface area contributed by atoms with Crippen LogP contribution >= 0.6 is 0 Å². The smallest absolute Gasteiger partial charge is 0.218 e. The predicted octanol–water partition coefficient (Wildman–Crippen LogP) is 3.44. The summed E-state index contributed by atoms with van der Waals surface area (Å²) in [5.74, 6) is 2.07. The van der Waals surface area contributed by atoms with E-state index in [1.54, 1.807) is 7.11 Å². The SMILES string of the molecule is COCCOc1cc(NC(C)(C)CC(C)(C)C)nc(C)n1. The number of aromatic nitrogens is 2. The molecule has 0 saturated carbocycles. The standard InChI is InChI=1S/C16H29N3O2/c1-12-17-13(10-14(18-12)21-9-8-20-7)19-16(5,6)11-15(2,3)4/h10H,8-9,11H2,1-7H3,(H,17,18,19). The zero-order valence-electron chi connectivity index (χ0n) is 14.4. The van der Waals surface area contributed by atoms with Gasteiger partial charge in [-0.1, -0.05) is 20.8 Å². The van der Waals surface area contributed by atoms with E-state index in [-0.39, 0.29) is 11.0 Å². The van der Waals surface area contributed by atoms with Gasteiger partial charge in [0.15, 0.2) is 0 Å². The Morgan fingerprint density at radius 2 is 1.76 bits per heavy atom. The number of ether oxygens (including phenoxy) is 2. The fraction of sp³-hybridized carbons (Fsp3) is 0.750. The zero-order chi connectivity index (χ0) is 16.1. The van der Waals surface area contributed by atoms with Crippen LogP contribution in [0.4, 0.5) is 5.82 Å². The number of aryl methyl sites for hydroxylation is 1. The van der Waals surface area contributed by atoms with Gasteiger partial charge in [0.05, 0.1) is 6.61 Å². The zero-order valence-corrected chi connectivity index (χ0v) is 14.4. The largest absolute Gasteiger partial charge is 0.475 e. The molecule has 120 valence electrons. The highest BCUT2D eigenvalue weighted by molar-refractivity contribution is 5.40. The summed E-state index contributed by atoms with van der Waals surface area (Å²) in [5.41, 5.74) is 0.194. The van der Waals surface area contributed by atoms with Crippen LogP contribution in [0, 0.1) is 12.3 Å². The van der Waals surface area contributed by atoms with Crippen LogP contribution in [0.2, 0.25) is 0 Å². The minimum absolute atomic E-state index is 0.0527. The van der Waals surface area contributed by atoms with Gasteiger partial charge < -0.3 is 14.8 Å². The van der Waals surface area contributed by atoms with Crippen molar-refractivity contribution in [3.63, 3.8) is 0 Å². The average Bonchev–Trinajstić information content (AvgIpc) is 2.23. The summed E-state index contributed by atoms with van der Waals surface area (Å²) in [6.45, 7) is 14.0. The van der Waals surface area contributed by atoms with Crippen molar-refractivity contribution in [1.29, 1.82) is 0 Å². The molecule has 1 rings (SSSR count). The Kier molecular flexibility index (Phi) is 5.96. The maximum absolute atomic E-state index is 5.57. The van der Waals surface area contributed by atoms with Crippen molar-refractivity contribution in [1.82, 2.24) is 9.97 Å². The van der Waals surface area contributed by atoms with Crippen LogP contribution < -0.4 is 10.1 Å². The first kappa shape index (κ1) is 17.7. The highest BCUT2D eigenvalue weighted by Crippen LogP contribution is 2.29. The summed E-state index contributed by atoms with van der Waals surface area (Å²) in [6.07, 6.45) is 1.03. The fourth-order valence-corrected chi connectivity index (χ4v) is 2.62. The Labute approximate surface area is 128 Å². The normalized spacial score (nSPS) is 12.3. The van der Waals surface area contributed by atoms with Gasteiger partial charge in [-0.2, -0.15) is 4.98 Å². The molecular formula is C16H29N3O2. The number of nitrogens with one attached hydrogen (secondary N) is 1. The van der Waals surface area contributed by atoms with E-state index in [9.17, 15) is 0 Å². The Balaban J connectivity index is 2.78. The molecule has 0 bridgehead atoms. The summed E-state index contributed by atoms with van der Waals surface area (Å²) in [5, 5.41) is 3.48. The Morgan fingerprint density at radius 1 is 1.10 bits per heavy atom. The molecule has 21 heavy (non-hydrogen) atoms. The predicted molar refractivity (Wildman–Crippen MR) is 85.9 cm³/mol. The molecule has 0 aromatic carbocycles. The molecule has 0 aliphatic carbocycles. The van der Waals surface area contributed by atoms with Gasteiger partial charge in [0.1, 0.15) is 18.2 Å². The van der Waals surface area contributed by atoms with Crippen molar-refractivity contribution in [2.75, 3.05) is 25.6 Å². The highest BCUT2D eigenvalue weighted by Gasteiger charge is 2.25. The average molecular weight is 295 g/mol. The second kappa shape index (κ2) is 7.07. The lowest BCUT2D eigenvalue weighted by molar-refractivity contribution is 0.143. The van der Waals surface area contributed by atoms with Gasteiger partial charge in [0.2, 0.25) is 5.88 Å². The molecular weight excluding hydrogens is 266 g/mol. The molecule has 0 atom stereocenters. The third-order valence-corrected chi connectivity index (χ3v) is 2.79. The molecule has 1 heterocycles. The van der Waals surface area contributed by atoms with Gasteiger partial charge >= 0.3 is 0 Å². The van der Waals surface area contributed by atoms with Crippen LogP contribution in [0.5, 0.6) is 5.88 Å². The molecule has 0 aliphatic heterocycles. The second-order valence-electron chi connectivity index (χ2n) is 7.23.